The summed E-state index contributed by atoms with van der Waals surface area (Å²) in [6.07, 6.45) is 3.45. The molecule has 1 aromatic heterocycles. The Hall–Kier alpha value is -2.51. The van der Waals surface area contributed by atoms with Crippen molar-refractivity contribution >= 4 is 29.1 Å². The highest BCUT2D eigenvalue weighted by Crippen LogP contribution is 2.55. The first kappa shape index (κ1) is 23.9. The predicted octanol–water partition coefficient (Wildman–Crippen LogP) is 7.56. The third-order valence-corrected chi connectivity index (χ3v) is 8.48. The lowest BCUT2D eigenvalue weighted by molar-refractivity contribution is -0.137. The van der Waals surface area contributed by atoms with Crippen LogP contribution in [0.15, 0.2) is 48.7 Å². The summed E-state index contributed by atoms with van der Waals surface area (Å²) < 4.78 is 43.4. The zero-order valence-electron chi connectivity index (χ0n) is 19.3. The molecule has 1 amide bonds. The first-order valence-corrected chi connectivity index (χ1v) is 12.9. The monoisotopic (exact) mass is 533 g/mol. The fraction of sp³-hybridized carbons (Fsp3) is 0.407. The summed E-state index contributed by atoms with van der Waals surface area (Å²) >= 11 is 11.9. The van der Waals surface area contributed by atoms with Crippen molar-refractivity contribution < 1.29 is 18.0 Å². The van der Waals surface area contributed by atoms with E-state index in [1.165, 1.54) is 42.2 Å². The maximum Gasteiger partial charge on any atom is 0.417 e. The Bertz CT molecular complexity index is 1300. The zero-order chi connectivity index (χ0) is 25.2. The van der Waals surface area contributed by atoms with Gasteiger partial charge in [0.2, 0.25) is 0 Å². The standard InChI is InChI=1S/C27H24Cl2F3N3O/c28-18-1-4-20(5-2-18)35-14-23(33-24(35)21-6-3-19(29)10-22(21)27(30,31)32)25(36)34-26-11-15-7-16(12-26)9-17(8-15)13-26/h1-6,10,14-17H,7-9,11-13H2,(H,34,36). The third kappa shape index (κ3) is 4.30. The molecule has 188 valence electrons. The highest BCUT2D eigenvalue weighted by molar-refractivity contribution is 6.31. The molecule has 0 radical (unpaired) electrons. The fourth-order valence-corrected chi connectivity index (χ4v) is 7.29. The van der Waals surface area contributed by atoms with Crippen molar-refractivity contribution in [2.24, 2.45) is 17.8 Å². The molecule has 9 heteroatoms. The molecular weight excluding hydrogens is 510 g/mol. The summed E-state index contributed by atoms with van der Waals surface area (Å²) in [5, 5.41) is 3.72. The first-order valence-electron chi connectivity index (χ1n) is 12.1. The van der Waals surface area contributed by atoms with E-state index in [4.69, 9.17) is 23.2 Å². The summed E-state index contributed by atoms with van der Waals surface area (Å²) in [7, 11) is 0. The molecule has 1 N–H and O–H groups in total. The van der Waals surface area contributed by atoms with Crippen LogP contribution in [0.1, 0.15) is 54.6 Å². The minimum absolute atomic E-state index is 0.0111. The SMILES string of the molecule is O=C(NC12CC3CC(CC(C3)C1)C2)c1cn(-c2ccc(Cl)cc2)c(-c2ccc(Cl)cc2C(F)(F)F)n1. The molecule has 4 fully saturated rings. The van der Waals surface area contributed by atoms with Crippen molar-refractivity contribution in [1.29, 1.82) is 0 Å². The lowest BCUT2D eigenvalue weighted by atomic mass is 9.53. The maximum absolute atomic E-state index is 14.0. The number of hydrogen-bond donors (Lipinski definition) is 1. The highest BCUT2D eigenvalue weighted by atomic mass is 35.5. The quantitative estimate of drug-likeness (QED) is 0.376. The molecule has 0 saturated heterocycles. The largest absolute Gasteiger partial charge is 0.417 e. The van der Waals surface area contributed by atoms with Gasteiger partial charge in [-0.3, -0.25) is 9.36 Å². The van der Waals surface area contributed by atoms with Crippen molar-refractivity contribution in [3.63, 3.8) is 0 Å². The van der Waals surface area contributed by atoms with Gasteiger partial charge < -0.3 is 5.32 Å². The molecule has 7 rings (SSSR count). The van der Waals surface area contributed by atoms with Crippen LogP contribution >= 0.6 is 23.2 Å². The molecule has 0 unspecified atom stereocenters. The van der Waals surface area contributed by atoms with Crippen LogP contribution < -0.4 is 5.32 Å². The van der Waals surface area contributed by atoms with Gasteiger partial charge in [0.05, 0.1) is 5.56 Å². The second-order valence-electron chi connectivity index (χ2n) is 10.6. The summed E-state index contributed by atoms with van der Waals surface area (Å²) in [6.45, 7) is 0. The smallest absolute Gasteiger partial charge is 0.345 e. The number of nitrogens with zero attached hydrogens (tertiary/aromatic N) is 2. The normalized spacial score (nSPS) is 26.9. The van der Waals surface area contributed by atoms with Crippen LogP contribution in [0.4, 0.5) is 13.2 Å². The highest BCUT2D eigenvalue weighted by Gasteiger charge is 2.51. The van der Waals surface area contributed by atoms with Crippen molar-refractivity contribution in [2.75, 3.05) is 0 Å². The van der Waals surface area contributed by atoms with Gasteiger partial charge >= 0.3 is 6.18 Å². The van der Waals surface area contributed by atoms with Crippen LogP contribution in [0.3, 0.4) is 0 Å². The minimum atomic E-state index is -4.65. The van der Waals surface area contributed by atoms with Gasteiger partial charge in [-0.2, -0.15) is 13.2 Å². The number of imidazole rings is 1. The molecule has 1 heterocycles. The summed E-state index contributed by atoms with van der Waals surface area (Å²) in [5.74, 6) is 1.58. The number of carbonyl (C=O) groups excluding carboxylic acids is 1. The van der Waals surface area contributed by atoms with Gasteiger partial charge in [-0.25, -0.2) is 4.98 Å². The van der Waals surface area contributed by atoms with E-state index in [0.717, 1.165) is 25.3 Å². The van der Waals surface area contributed by atoms with Gasteiger partial charge in [0.15, 0.2) is 0 Å². The van der Waals surface area contributed by atoms with Gasteiger partial charge in [-0.1, -0.05) is 23.2 Å². The number of amides is 1. The number of halogens is 5. The van der Waals surface area contributed by atoms with Gasteiger partial charge in [0.1, 0.15) is 11.5 Å². The number of aromatic nitrogens is 2. The number of benzene rings is 2. The number of carbonyl (C=O) groups is 1. The van der Waals surface area contributed by atoms with E-state index >= 15 is 0 Å². The van der Waals surface area contributed by atoms with Crippen LogP contribution in [-0.2, 0) is 6.18 Å². The average molecular weight is 534 g/mol. The van der Waals surface area contributed by atoms with Gasteiger partial charge in [-0.15, -0.1) is 0 Å². The average Bonchev–Trinajstić information content (AvgIpc) is 3.23. The van der Waals surface area contributed by atoms with Crippen LogP contribution in [-0.4, -0.2) is 21.0 Å². The van der Waals surface area contributed by atoms with Crippen LogP contribution in [0.25, 0.3) is 17.1 Å². The Morgan fingerprint density at radius 1 is 0.944 bits per heavy atom. The molecule has 0 aliphatic heterocycles. The molecule has 0 spiro atoms. The van der Waals surface area contributed by atoms with Crippen molar-refractivity contribution in [3.8, 4) is 17.1 Å². The van der Waals surface area contributed by atoms with E-state index in [-0.39, 0.29) is 33.6 Å². The van der Waals surface area contributed by atoms with E-state index in [0.29, 0.717) is 28.5 Å². The molecule has 4 saturated carbocycles. The van der Waals surface area contributed by atoms with Crippen molar-refractivity contribution in [2.45, 2.75) is 50.2 Å². The zero-order valence-corrected chi connectivity index (χ0v) is 20.8. The van der Waals surface area contributed by atoms with E-state index < -0.39 is 11.7 Å². The molecule has 4 aliphatic rings. The number of rotatable bonds is 4. The summed E-state index contributed by atoms with van der Waals surface area (Å²) in [4.78, 5) is 18.0. The lowest BCUT2D eigenvalue weighted by Crippen LogP contribution is -2.59. The molecule has 4 nitrogen and oxygen atoms in total. The summed E-state index contributed by atoms with van der Waals surface area (Å²) in [6, 6.07) is 10.2. The number of hydrogen-bond acceptors (Lipinski definition) is 2. The van der Waals surface area contributed by atoms with E-state index in [2.05, 4.69) is 10.3 Å². The Labute approximate surface area is 216 Å². The maximum atomic E-state index is 14.0. The van der Waals surface area contributed by atoms with Crippen LogP contribution in [0.5, 0.6) is 0 Å². The van der Waals surface area contributed by atoms with Gasteiger partial charge in [0.25, 0.3) is 5.91 Å². The Kier molecular flexibility index (Phi) is 5.65. The van der Waals surface area contributed by atoms with Crippen molar-refractivity contribution in [3.05, 3.63) is 70.0 Å². The molecule has 4 bridgehead atoms. The molecule has 3 aromatic rings. The predicted molar refractivity (Wildman–Crippen MR) is 132 cm³/mol. The van der Waals surface area contributed by atoms with Gasteiger partial charge in [-0.05, 0) is 98.7 Å². The number of nitrogens with one attached hydrogen (secondary N) is 1. The first-order chi connectivity index (χ1) is 17.1. The Morgan fingerprint density at radius 3 is 2.11 bits per heavy atom. The van der Waals surface area contributed by atoms with E-state index in [9.17, 15) is 18.0 Å². The Morgan fingerprint density at radius 2 is 1.53 bits per heavy atom. The lowest BCUT2D eigenvalue weighted by Gasteiger charge is -2.56. The topological polar surface area (TPSA) is 46.9 Å². The molecular formula is C27H24Cl2F3N3O. The molecule has 0 atom stereocenters. The third-order valence-electron chi connectivity index (χ3n) is 7.99. The Balaban J connectivity index is 1.41. The molecule has 36 heavy (non-hydrogen) atoms. The summed E-state index contributed by atoms with van der Waals surface area (Å²) in [5.41, 5.74) is -0.690. The van der Waals surface area contributed by atoms with E-state index in [1.54, 1.807) is 24.3 Å². The second-order valence-corrected chi connectivity index (χ2v) is 11.5. The van der Waals surface area contributed by atoms with Crippen LogP contribution in [0, 0.1) is 17.8 Å². The molecule has 2 aromatic carbocycles. The fourth-order valence-electron chi connectivity index (χ4n) is 6.99. The minimum Gasteiger partial charge on any atom is -0.345 e. The number of alkyl halides is 3. The van der Waals surface area contributed by atoms with E-state index in [1.807, 2.05) is 0 Å². The van der Waals surface area contributed by atoms with Crippen LogP contribution in [0.2, 0.25) is 10.0 Å². The van der Waals surface area contributed by atoms with Crippen molar-refractivity contribution in [1.82, 2.24) is 14.9 Å². The van der Waals surface area contributed by atoms with Gasteiger partial charge in [0, 0.05) is 33.0 Å². The second kappa shape index (κ2) is 8.52. The molecule has 4 aliphatic carbocycles.